The highest BCUT2D eigenvalue weighted by molar-refractivity contribution is 6.03. The summed E-state index contributed by atoms with van der Waals surface area (Å²) in [5, 5.41) is 11.1. The molecule has 0 aromatic carbocycles. The predicted octanol–water partition coefficient (Wildman–Crippen LogP) is 1.87. The maximum atomic E-state index is 12.0. The molecule has 0 atom stereocenters. The van der Waals surface area contributed by atoms with Crippen LogP contribution < -0.4 is 5.32 Å². The molecule has 0 saturated heterocycles. The Balaban J connectivity index is 1.77. The molecule has 7 heteroatoms. The van der Waals surface area contributed by atoms with E-state index in [-0.39, 0.29) is 5.91 Å². The molecule has 0 aliphatic carbocycles. The number of pyridine rings is 1. The largest absolute Gasteiger partial charge is 0.320 e. The first kappa shape index (κ1) is 14.0. The Morgan fingerprint density at radius 1 is 1.23 bits per heavy atom. The van der Waals surface area contributed by atoms with Gasteiger partial charge in [0.05, 0.1) is 29.3 Å². The van der Waals surface area contributed by atoms with Gasteiger partial charge < -0.3 is 5.32 Å². The molecule has 22 heavy (non-hydrogen) atoms. The summed E-state index contributed by atoms with van der Waals surface area (Å²) in [6.07, 6.45) is 4.79. The normalized spacial score (nSPS) is 10.7. The van der Waals surface area contributed by atoms with E-state index >= 15 is 0 Å². The quantitative estimate of drug-likeness (QED) is 0.800. The summed E-state index contributed by atoms with van der Waals surface area (Å²) < 4.78 is 3.35. The van der Waals surface area contributed by atoms with Crippen molar-refractivity contribution in [3.05, 3.63) is 53.7 Å². The lowest BCUT2D eigenvalue weighted by molar-refractivity contribution is 0.102. The number of anilines is 1. The van der Waals surface area contributed by atoms with E-state index in [0.29, 0.717) is 17.1 Å². The Morgan fingerprint density at radius 3 is 2.59 bits per heavy atom. The number of aromatic nitrogens is 5. The number of amides is 1. The van der Waals surface area contributed by atoms with E-state index in [1.165, 1.54) is 6.20 Å². The molecule has 3 aromatic heterocycles. The minimum atomic E-state index is -0.214. The number of hydrogen-bond donors (Lipinski definition) is 1. The molecule has 0 unspecified atom stereocenters. The van der Waals surface area contributed by atoms with Gasteiger partial charge in [-0.15, -0.1) is 0 Å². The van der Waals surface area contributed by atoms with Gasteiger partial charge in [0.1, 0.15) is 0 Å². The van der Waals surface area contributed by atoms with Gasteiger partial charge in [-0.3, -0.25) is 9.48 Å². The van der Waals surface area contributed by atoms with Crippen molar-refractivity contribution in [2.24, 2.45) is 7.05 Å². The highest BCUT2D eigenvalue weighted by atomic mass is 16.1. The first-order valence-electron chi connectivity index (χ1n) is 6.82. The minimum absolute atomic E-state index is 0.214. The Bertz CT molecular complexity index is 815. The molecular formula is C15H16N6O. The number of nitrogens with zero attached hydrogens (tertiary/aromatic N) is 5. The molecular weight excluding hydrogens is 280 g/mol. The molecule has 0 saturated carbocycles. The van der Waals surface area contributed by atoms with Crippen molar-refractivity contribution in [2.75, 3.05) is 5.32 Å². The monoisotopic (exact) mass is 296 g/mol. The molecule has 3 heterocycles. The van der Waals surface area contributed by atoms with Crippen LogP contribution in [0.15, 0.2) is 36.8 Å². The lowest BCUT2D eigenvalue weighted by Crippen LogP contribution is -2.11. The SMILES string of the molecule is Cc1cc(C)n(-c2ccc(NC(=O)c3cnn(C)c3)cn2)n1. The zero-order valence-corrected chi connectivity index (χ0v) is 12.6. The number of hydrogen-bond acceptors (Lipinski definition) is 4. The van der Waals surface area contributed by atoms with Crippen molar-refractivity contribution in [3.8, 4) is 5.82 Å². The first-order chi connectivity index (χ1) is 10.5. The topological polar surface area (TPSA) is 77.6 Å². The van der Waals surface area contributed by atoms with E-state index < -0.39 is 0 Å². The number of aryl methyl sites for hydroxylation is 3. The van der Waals surface area contributed by atoms with Crippen LogP contribution in [-0.2, 0) is 7.05 Å². The average molecular weight is 296 g/mol. The van der Waals surface area contributed by atoms with E-state index in [1.807, 2.05) is 26.0 Å². The minimum Gasteiger partial charge on any atom is -0.320 e. The van der Waals surface area contributed by atoms with Crippen molar-refractivity contribution in [3.63, 3.8) is 0 Å². The van der Waals surface area contributed by atoms with E-state index in [1.54, 1.807) is 34.9 Å². The second kappa shape index (κ2) is 5.44. The Hall–Kier alpha value is -2.96. The molecule has 3 aromatic rings. The van der Waals surface area contributed by atoms with Crippen LogP contribution in [-0.4, -0.2) is 30.5 Å². The molecule has 0 radical (unpaired) electrons. The van der Waals surface area contributed by atoms with Crippen molar-refractivity contribution < 1.29 is 4.79 Å². The van der Waals surface area contributed by atoms with E-state index in [0.717, 1.165) is 11.4 Å². The summed E-state index contributed by atoms with van der Waals surface area (Å²) in [4.78, 5) is 16.4. The van der Waals surface area contributed by atoms with Crippen LogP contribution in [0.4, 0.5) is 5.69 Å². The molecule has 3 rings (SSSR count). The van der Waals surface area contributed by atoms with Crippen molar-refractivity contribution in [2.45, 2.75) is 13.8 Å². The van der Waals surface area contributed by atoms with Gasteiger partial charge in [0.25, 0.3) is 5.91 Å². The fraction of sp³-hybridized carbons (Fsp3) is 0.200. The lowest BCUT2D eigenvalue weighted by Gasteiger charge is -2.06. The van der Waals surface area contributed by atoms with Gasteiger partial charge in [-0.2, -0.15) is 10.2 Å². The standard InChI is InChI=1S/C15H16N6O/c1-10-6-11(2)21(19-10)14-5-4-13(8-16-14)18-15(22)12-7-17-20(3)9-12/h4-9H,1-3H3,(H,18,22). The fourth-order valence-electron chi connectivity index (χ4n) is 2.19. The number of rotatable bonds is 3. The third-order valence-electron chi connectivity index (χ3n) is 3.20. The van der Waals surface area contributed by atoms with Crippen molar-refractivity contribution in [1.82, 2.24) is 24.5 Å². The summed E-state index contributed by atoms with van der Waals surface area (Å²) in [6, 6.07) is 5.60. The van der Waals surface area contributed by atoms with E-state index in [9.17, 15) is 4.79 Å². The number of nitrogens with one attached hydrogen (secondary N) is 1. The maximum absolute atomic E-state index is 12.0. The highest BCUT2D eigenvalue weighted by Crippen LogP contribution is 2.13. The third kappa shape index (κ3) is 2.73. The molecule has 0 aliphatic rings. The van der Waals surface area contributed by atoms with Crippen LogP contribution in [0.25, 0.3) is 5.82 Å². The molecule has 0 fully saturated rings. The zero-order chi connectivity index (χ0) is 15.7. The Kier molecular flexibility index (Phi) is 3.46. The van der Waals surface area contributed by atoms with Gasteiger partial charge in [0.15, 0.2) is 5.82 Å². The van der Waals surface area contributed by atoms with Gasteiger partial charge in [-0.1, -0.05) is 0 Å². The van der Waals surface area contributed by atoms with Gasteiger partial charge in [0.2, 0.25) is 0 Å². The van der Waals surface area contributed by atoms with Crippen LogP contribution in [0.1, 0.15) is 21.7 Å². The summed E-state index contributed by atoms with van der Waals surface area (Å²) in [7, 11) is 1.77. The molecule has 7 nitrogen and oxygen atoms in total. The van der Waals surface area contributed by atoms with E-state index in [4.69, 9.17) is 0 Å². The van der Waals surface area contributed by atoms with Crippen molar-refractivity contribution in [1.29, 1.82) is 0 Å². The highest BCUT2D eigenvalue weighted by Gasteiger charge is 2.09. The molecule has 1 N–H and O–H groups in total. The predicted molar refractivity (Wildman–Crippen MR) is 82.0 cm³/mol. The number of carbonyl (C=O) groups excluding carboxylic acids is 1. The Labute approximate surface area is 127 Å². The number of carbonyl (C=O) groups is 1. The fourth-order valence-corrected chi connectivity index (χ4v) is 2.19. The van der Waals surface area contributed by atoms with E-state index in [2.05, 4.69) is 20.5 Å². The molecule has 0 aliphatic heterocycles. The summed E-state index contributed by atoms with van der Waals surface area (Å²) in [5.74, 6) is 0.499. The molecule has 0 spiro atoms. The molecule has 0 bridgehead atoms. The summed E-state index contributed by atoms with van der Waals surface area (Å²) >= 11 is 0. The average Bonchev–Trinajstić information content (AvgIpc) is 3.05. The lowest BCUT2D eigenvalue weighted by atomic mass is 10.3. The van der Waals surface area contributed by atoms with Gasteiger partial charge >= 0.3 is 0 Å². The Morgan fingerprint density at radius 2 is 2.05 bits per heavy atom. The second-order valence-electron chi connectivity index (χ2n) is 5.10. The van der Waals surface area contributed by atoms with Crippen LogP contribution >= 0.6 is 0 Å². The van der Waals surface area contributed by atoms with Gasteiger partial charge in [-0.25, -0.2) is 9.67 Å². The summed E-state index contributed by atoms with van der Waals surface area (Å²) in [5.41, 5.74) is 3.08. The first-order valence-corrected chi connectivity index (χ1v) is 6.82. The molecule has 112 valence electrons. The second-order valence-corrected chi connectivity index (χ2v) is 5.10. The van der Waals surface area contributed by atoms with Crippen molar-refractivity contribution >= 4 is 11.6 Å². The summed E-state index contributed by atoms with van der Waals surface area (Å²) in [6.45, 7) is 3.91. The maximum Gasteiger partial charge on any atom is 0.258 e. The molecule has 1 amide bonds. The van der Waals surface area contributed by atoms with Crippen LogP contribution in [0.5, 0.6) is 0 Å². The van der Waals surface area contributed by atoms with Gasteiger partial charge in [0, 0.05) is 18.9 Å². The third-order valence-corrected chi connectivity index (χ3v) is 3.20. The van der Waals surface area contributed by atoms with Crippen LogP contribution in [0, 0.1) is 13.8 Å². The zero-order valence-electron chi connectivity index (χ0n) is 12.6. The smallest absolute Gasteiger partial charge is 0.258 e. The van der Waals surface area contributed by atoms with Gasteiger partial charge in [-0.05, 0) is 32.0 Å². The van der Waals surface area contributed by atoms with Crippen LogP contribution in [0.3, 0.4) is 0 Å². The van der Waals surface area contributed by atoms with Crippen LogP contribution in [0.2, 0.25) is 0 Å².